The molecule has 30 heavy (non-hydrogen) atoms. The van der Waals surface area contributed by atoms with Gasteiger partial charge < -0.3 is 10.2 Å². The highest BCUT2D eigenvalue weighted by molar-refractivity contribution is 6.20. The highest BCUT2D eigenvalue weighted by Crippen LogP contribution is 2.21. The smallest absolute Gasteiger partial charge is 0.227 e. The summed E-state index contributed by atoms with van der Waals surface area (Å²) in [6.07, 6.45) is 15.6. The minimum absolute atomic E-state index is 0.0437. The molecular weight excluding hydrogens is 376 g/mol. The summed E-state index contributed by atoms with van der Waals surface area (Å²) in [6.45, 7) is 10.6. The fourth-order valence-electron chi connectivity index (χ4n) is 3.12. The molecule has 0 spiro atoms. The highest BCUT2D eigenvalue weighted by Gasteiger charge is 2.27. The van der Waals surface area contributed by atoms with Crippen LogP contribution in [0.25, 0.3) is 0 Å². The second-order valence-corrected chi connectivity index (χ2v) is 8.30. The molecule has 0 atom stereocenters. The molecule has 0 aromatic carbocycles. The van der Waals surface area contributed by atoms with Crippen LogP contribution in [0.1, 0.15) is 79.6 Å². The minimum atomic E-state index is -0.729. The second-order valence-electron chi connectivity index (χ2n) is 8.30. The van der Waals surface area contributed by atoms with E-state index in [1.54, 1.807) is 0 Å². The summed E-state index contributed by atoms with van der Waals surface area (Å²) in [5.41, 5.74) is 5.20. The fourth-order valence-corrected chi connectivity index (χ4v) is 3.12. The fraction of sp³-hybridized carbons (Fsp3) is 0.462. The van der Waals surface area contributed by atoms with E-state index in [-0.39, 0.29) is 12.0 Å². The molecule has 1 rings (SSSR count). The van der Waals surface area contributed by atoms with Crippen molar-refractivity contribution in [3.63, 3.8) is 0 Å². The van der Waals surface area contributed by atoms with E-state index in [0.717, 1.165) is 50.2 Å². The standard InChI is InChI=1S/C26H36O4/c1-18(2)9-6-10-19(3)11-7-12-20(4)13-8-14-21(5)15-16-22-25(29)23(27)17-24(28)26(22)30/h9,11,13,15,17,27,30H,6-8,10,12,14,16H2,1-5H3. The molecular formula is C26H36O4. The maximum atomic E-state index is 11.9. The highest BCUT2D eigenvalue weighted by atomic mass is 16.3. The van der Waals surface area contributed by atoms with Gasteiger partial charge in [-0.2, -0.15) is 0 Å². The zero-order chi connectivity index (χ0) is 22.7. The lowest BCUT2D eigenvalue weighted by atomic mass is 9.96. The van der Waals surface area contributed by atoms with Crippen molar-refractivity contribution in [3.05, 3.63) is 69.8 Å². The van der Waals surface area contributed by atoms with Crippen LogP contribution < -0.4 is 0 Å². The van der Waals surface area contributed by atoms with E-state index < -0.39 is 23.1 Å². The topological polar surface area (TPSA) is 74.6 Å². The maximum Gasteiger partial charge on any atom is 0.227 e. The molecule has 4 heteroatoms. The third-order valence-corrected chi connectivity index (χ3v) is 5.10. The molecule has 0 radical (unpaired) electrons. The first-order valence-corrected chi connectivity index (χ1v) is 10.6. The summed E-state index contributed by atoms with van der Waals surface area (Å²) in [5, 5.41) is 19.3. The van der Waals surface area contributed by atoms with Gasteiger partial charge in [0.05, 0.1) is 5.57 Å². The van der Waals surface area contributed by atoms with E-state index in [2.05, 4.69) is 45.9 Å². The van der Waals surface area contributed by atoms with Crippen LogP contribution in [0.3, 0.4) is 0 Å². The summed E-state index contributed by atoms with van der Waals surface area (Å²) in [5.74, 6) is -2.59. The summed E-state index contributed by atoms with van der Waals surface area (Å²) in [7, 11) is 0. The lowest BCUT2D eigenvalue weighted by Crippen LogP contribution is -2.18. The summed E-state index contributed by atoms with van der Waals surface area (Å²) in [4.78, 5) is 23.4. The average molecular weight is 413 g/mol. The molecule has 0 saturated heterocycles. The summed E-state index contributed by atoms with van der Waals surface area (Å²) >= 11 is 0. The third kappa shape index (κ3) is 9.25. The van der Waals surface area contributed by atoms with Crippen molar-refractivity contribution in [3.8, 4) is 0 Å². The largest absolute Gasteiger partial charge is 0.504 e. The van der Waals surface area contributed by atoms with Crippen LogP contribution in [0.5, 0.6) is 0 Å². The van der Waals surface area contributed by atoms with E-state index in [0.29, 0.717) is 0 Å². The van der Waals surface area contributed by atoms with Gasteiger partial charge in [0.2, 0.25) is 11.6 Å². The Morgan fingerprint density at radius 3 is 1.73 bits per heavy atom. The molecule has 0 fully saturated rings. The number of hydrogen-bond donors (Lipinski definition) is 2. The minimum Gasteiger partial charge on any atom is -0.504 e. The molecule has 4 nitrogen and oxygen atoms in total. The molecule has 2 N–H and O–H groups in total. The van der Waals surface area contributed by atoms with Gasteiger partial charge in [-0.25, -0.2) is 0 Å². The molecule has 0 aromatic rings. The van der Waals surface area contributed by atoms with Crippen LogP contribution in [0.2, 0.25) is 0 Å². The molecule has 0 aromatic heterocycles. The van der Waals surface area contributed by atoms with E-state index in [1.807, 2.05) is 13.0 Å². The van der Waals surface area contributed by atoms with Gasteiger partial charge in [0.1, 0.15) is 0 Å². The van der Waals surface area contributed by atoms with Crippen LogP contribution in [0.15, 0.2) is 69.8 Å². The molecule has 1 aliphatic carbocycles. The predicted molar refractivity (Wildman–Crippen MR) is 123 cm³/mol. The van der Waals surface area contributed by atoms with E-state index in [9.17, 15) is 19.8 Å². The number of allylic oxidation sites excluding steroid dienone is 10. The van der Waals surface area contributed by atoms with Crippen LogP contribution >= 0.6 is 0 Å². The maximum absolute atomic E-state index is 11.9. The summed E-state index contributed by atoms with van der Waals surface area (Å²) < 4.78 is 0. The molecule has 0 saturated carbocycles. The van der Waals surface area contributed by atoms with Crippen LogP contribution in [-0.4, -0.2) is 21.8 Å². The number of Topliss-reactive ketones (excluding diaryl/α,β-unsaturated/α-hetero) is 1. The Balaban J connectivity index is 2.43. The molecule has 0 bridgehead atoms. The molecule has 164 valence electrons. The molecule has 0 unspecified atom stereocenters. The van der Waals surface area contributed by atoms with Crippen LogP contribution in [0.4, 0.5) is 0 Å². The Kier molecular flexibility index (Phi) is 10.9. The number of rotatable bonds is 11. The van der Waals surface area contributed by atoms with Gasteiger partial charge in [-0.05, 0) is 79.6 Å². The average Bonchev–Trinajstić information content (AvgIpc) is 2.66. The van der Waals surface area contributed by atoms with Gasteiger partial charge in [-0.3, -0.25) is 9.59 Å². The quantitative estimate of drug-likeness (QED) is 0.285. The number of hydrogen-bond acceptors (Lipinski definition) is 4. The van der Waals surface area contributed by atoms with Gasteiger partial charge in [0.15, 0.2) is 11.5 Å². The predicted octanol–water partition coefficient (Wildman–Crippen LogP) is 6.93. The van der Waals surface area contributed by atoms with Crippen molar-refractivity contribution in [1.82, 2.24) is 0 Å². The molecule has 0 amide bonds. The van der Waals surface area contributed by atoms with Gasteiger partial charge in [-0.15, -0.1) is 0 Å². The Morgan fingerprint density at radius 2 is 1.23 bits per heavy atom. The van der Waals surface area contributed by atoms with E-state index >= 15 is 0 Å². The third-order valence-electron chi connectivity index (χ3n) is 5.10. The monoisotopic (exact) mass is 412 g/mol. The molecule has 1 aliphatic rings. The number of carbonyl (C=O) groups is 2. The van der Waals surface area contributed by atoms with Crippen molar-refractivity contribution in [2.24, 2.45) is 0 Å². The van der Waals surface area contributed by atoms with Crippen molar-refractivity contribution in [1.29, 1.82) is 0 Å². The first-order valence-electron chi connectivity index (χ1n) is 10.6. The first kappa shape index (κ1) is 25.4. The van der Waals surface area contributed by atoms with Gasteiger partial charge in [0.25, 0.3) is 0 Å². The number of aliphatic hydroxyl groups excluding tert-OH is 2. The zero-order valence-corrected chi connectivity index (χ0v) is 19.0. The van der Waals surface area contributed by atoms with Crippen LogP contribution in [-0.2, 0) is 9.59 Å². The molecule has 0 aliphatic heterocycles. The Bertz CT molecular complexity index is 825. The van der Waals surface area contributed by atoms with Crippen molar-refractivity contribution < 1.29 is 19.8 Å². The Labute approximate surface area is 181 Å². The van der Waals surface area contributed by atoms with Gasteiger partial charge >= 0.3 is 0 Å². The van der Waals surface area contributed by atoms with Crippen molar-refractivity contribution in [2.45, 2.75) is 79.6 Å². The first-order chi connectivity index (χ1) is 14.1. The normalized spacial score (nSPS) is 16.2. The second kappa shape index (κ2) is 12.8. The molecule has 0 heterocycles. The van der Waals surface area contributed by atoms with Crippen LogP contribution in [0, 0.1) is 0 Å². The number of carbonyl (C=O) groups excluding carboxylic acids is 2. The van der Waals surface area contributed by atoms with Gasteiger partial charge in [-0.1, -0.05) is 46.6 Å². The Morgan fingerprint density at radius 1 is 0.767 bits per heavy atom. The lowest BCUT2D eigenvalue weighted by Gasteiger charge is -2.11. The van der Waals surface area contributed by atoms with E-state index in [4.69, 9.17) is 0 Å². The zero-order valence-electron chi connectivity index (χ0n) is 19.0. The number of ketones is 2. The van der Waals surface area contributed by atoms with Crippen molar-refractivity contribution >= 4 is 11.6 Å². The van der Waals surface area contributed by atoms with Crippen molar-refractivity contribution in [2.75, 3.05) is 0 Å². The van der Waals surface area contributed by atoms with Gasteiger partial charge in [0, 0.05) is 6.08 Å². The lowest BCUT2D eigenvalue weighted by molar-refractivity contribution is -0.119. The van der Waals surface area contributed by atoms with E-state index in [1.165, 1.54) is 16.7 Å². The number of aliphatic hydroxyl groups is 2. The SMILES string of the molecule is CC(C)=CCCC(C)=CCCC(C)=CCCC(C)=CCC1=C(O)C(=O)C=C(O)C1=O. The summed E-state index contributed by atoms with van der Waals surface area (Å²) in [6, 6.07) is 0. The Hall–Kier alpha value is -2.62.